The first-order chi connectivity index (χ1) is 8.50. The van der Waals surface area contributed by atoms with Crippen LogP contribution in [-0.4, -0.2) is 31.4 Å². The van der Waals surface area contributed by atoms with Gasteiger partial charge in [-0.25, -0.2) is 4.39 Å². The number of anilines is 1. The van der Waals surface area contributed by atoms with Crippen LogP contribution in [0.15, 0.2) is 12.1 Å². The maximum Gasteiger partial charge on any atom is 0.126 e. The van der Waals surface area contributed by atoms with E-state index in [2.05, 4.69) is 4.90 Å². The molecule has 1 aromatic rings. The third-order valence-corrected chi connectivity index (χ3v) is 3.59. The number of aliphatic hydroxyl groups is 1. The lowest BCUT2D eigenvalue weighted by atomic mass is 10.0. The molecule has 2 atom stereocenters. The lowest BCUT2D eigenvalue weighted by Gasteiger charge is -2.29. The van der Waals surface area contributed by atoms with Crippen molar-refractivity contribution >= 4 is 5.69 Å². The molecule has 1 aromatic carbocycles. The summed E-state index contributed by atoms with van der Waals surface area (Å²) < 4.78 is 19.0. The van der Waals surface area contributed by atoms with Gasteiger partial charge in [0.1, 0.15) is 5.82 Å². The van der Waals surface area contributed by atoms with Crippen molar-refractivity contribution in [1.29, 1.82) is 0 Å². The zero-order valence-corrected chi connectivity index (χ0v) is 11.1. The minimum atomic E-state index is -0.681. The summed E-state index contributed by atoms with van der Waals surface area (Å²) in [5.74, 6) is -0.272. The van der Waals surface area contributed by atoms with E-state index in [0.717, 1.165) is 18.7 Å². The number of likely N-dealkylation sites (N-methyl/N-ethyl adjacent to an activating group) is 1. The van der Waals surface area contributed by atoms with Crippen LogP contribution in [0, 0.1) is 12.7 Å². The Hall–Kier alpha value is -1.13. The Kier molecular flexibility index (Phi) is 3.88. The van der Waals surface area contributed by atoms with Crippen molar-refractivity contribution in [3.8, 4) is 0 Å². The van der Waals surface area contributed by atoms with E-state index in [-0.39, 0.29) is 5.82 Å². The van der Waals surface area contributed by atoms with Gasteiger partial charge in [-0.05, 0) is 38.0 Å². The monoisotopic (exact) mass is 253 g/mol. The summed E-state index contributed by atoms with van der Waals surface area (Å²) in [7, 11) is 1.97. The van der Waals surface area contributed by atoms with Crippen molar-refractivity contribution < 1.29 is 14.2 Å². The second-order valence-corrected chi connectivity index (χ2v) is 4.96. The summed E-state index contributed by atoms with van der Waals surface area (Å²) >= 11 is 0. The van der Waals surface area contributed by atoms with Gasteiger partial charge >= 0.3 is 0 Å². The Balaban J connectivity index is 2.38. The number of halogens is 1. The molecule has 1 N–H and O–H groups in total. The van der Waals surface area contributed by atoms with Crippen LogP contribution in [0.2, 0.25) is 0 Å². The first-order valence-corrected chi connectivity index (χ1v) is 6.29. The number of aliphatic hydroxyl groups excluding tert-OH is 1. The highest BCUT2D eigenvalue weighted by Crippen LogP contribution is 2.31. The molecule has 0 bridgehead atoms. The zero-order valence-electron chi connectivity index (χ0n) is 11.1. The summed E-state index contributed by atoms with van der Waals surface area (Å²) in [6, 6.07) is 3.53. The minimum absolute atomic E-state index is 0.272. The fourth-order valence-corrected chi connectivity index (χ4v) is 2.35. The maximum absolute atomic E-state index is 13.6. The number of nitrogens with zero attached hydrogens (tertiary/aromatic N) is 1. The molecule has 0 aromatic heterocycles. The summed E-state index contributed by atoms with van der Waals surface area (Å²) in [4.78, 5) is 2.08. The Bertz CT molecular complexity index is 428. The van der Waals surface area contributed by atoms with E-state index < -0.39 is 6.10 Å². The standard InChI is InChI=1S/C14H20FNO2/c1-9-6-14(12(10(2)17)7-13(9)15)16(3)11-4-5-18-8-11/h6-7,10-11,17H,4-5,8H2,1-3H3/t10-,11?/m1/s1. The number of hydrogen-bond donors (Lipinski definition) is 1. The molecule has 1 aliphatic heterocycles. The largest absolute Gasteiger partial charge is 0.389 e. The number of hydrogen-bond acceptors (Lipinski definition) is 3. The Labute approximate surface area is 107 Å². The van der Waals surface area contributed by atoms with Gasteiger partial charge in [-0.3, -0.25) is 0 Å². The normalized spacial score (nSPS) is 21.1. The average Bonchev–Trinajstić information content (AvgIpc) is 2.84. The van der Waals surface area contributed by atoms with Crippen molar-refractivity contribution in [2.45, 2.75) is 32.4 Å². The minimum Gasteiger partial charge on any atom is -0.389 e. The predicted octanol–water partition coefficient (Wildman–Crippen LogP) is 2.41. The average molecular weight is 253 g/mol. The van der Waals surface area contributed by atoms with Crippen LogP contribution >= 0.6 is 0 Å². The lowest BCUT2D eigenvalue weighted by Crippen LogP contribution is -2.32. The first-order valence-electron chi connectivity index (χ1n) is 6.29. The van der Waals surface area contributed by atoms with E-state index in [1.165, 1.54) is 6.07 Å². The van der Waals surface area contributed by atoms with E-state index >= 15 is 0 Å². The van der Waals surface area contributed by atoms with E-state index in [4.69, 9.17) is 4.74 Å². The van der Waals surface area contributed by atoms with Gasteiger partial charge in [0.15, 0.2) is 0 Å². The third-order valence-electron chi connectivity index (χ3n) is 3.59. The number of rotatable bonds is 3. The SMILES string of the molecule is Cc1cc(N(C)C2CCOC2)c([C@@H](C)O)cc1F. The first kappa shape index (κ1) is 13.3. The van der Waals surface area contributed by atoms with Gasteiger partial charge in [-0.2, -0.15) is 0 Å². The van der Waals surface area contributed by atoms with E-state index in [0.29, 0.717) is 23.8 Å². The van der Waals surface area contributed by atoms with Gasteiger partial charge in [-0.15, -0.1) is 0 Å². The van der Waals surface area contributed by atoms with Gasteiger partial charge in [0.2, 0.25) is 0 Å². The van der Waals surface area contributed by atoms with Crippen molar-refractivity contribution in [3.63, 3.8) is 0 Å². The highest BCUT2D eigenvalue weighted by molar-refractivity contribution is 5.57. The second-order valence-electron chi connectivity index (χ2n) is 4.96. The molecule has 1 heterocycles. The van der Waals surface area contributed by atoms with Crippen LogP contribution in [0.5, 0.6) is 0 Å². The summed E-state index contributed by atoms with van der Waals surface area (Å²) in [5.41, 5.74) is 2.12. The quantitative estimate of drug-likeness (QED) is 0.898. The molecule has 3 nitrogen and oxygen atoms in total. The second kappa shape index (κ2) is 5.24. The van der Waals surface area contributed by atoms with Crippen LogP contribution in [-0.2, 0) is 4.74 Å². The molecule has 1 saturated heterocycles. The Morgan fingerprint density at radius 2 is 2.22 bits per heavy atom. The number of benzene rings is 1. The fraction of sp³-hybridized carbons (Fsp3) is 0.571. The molecular weight excluding hydrogens is 233 g/mol. The van der Waals surface area contributed by atoms with Gasteiger partial charge in [0.05, 0.1) is 18.8 Å². The summed E-state index contributed by atoms with van der Waals surface area (Å²) in [6.45, 7) is 4.85. The van der Waals surface area contributed by atoms with E-state index in [1.54, 1.807) is 19.9 Å². The van der Waals surface area contributed by atoms with Crippen LogP contribution in [0.3, 0.4) is 0 Å². The van der Waals surface area contributed by atoms with Crippen molar-refractivity contribution in [2.24, 2.45) is 0 Å². The van der Waals surface area contributed by atoms with Crippen LogP contribution in [0.25, 0.3) is 0 Å². The van der Waals surface area contributed by atoms with Crippen molar-refractivity contribution in [2.75, 3.05) is 25.2 Å². The molecule has 0 amide bonds. The van der Waals surface area contributed by atoms with Crippen molar-refractivity contribution in [3.05, 3.63) is 29.1 Å². The zero-order chi connectivity index (χ0) is 13.3. The van der Waals surface area contributed by atoms with E-state index in [9.17, 15) is 9.50 Å². The van der Waals surface area contributed by atoms with Gasteiger partial charge in [-0.1, -0.05) is 0 Å². The molecule has 0 saturated carbocycles. The molecular formula is C14H20FNO2. The highest BCUT2D eigenvalue weighted by Gasteiger charge is 2.24. The van der Waals surface area contributed by atoms with E-state index in [1.807, 2.05) is 7.05 Å². The molecule has 1 aliphatic rings. The topological polar surface area (TPSA) is 32.7 Å². The molecule has 2 rings (SSSR count). The van der Waals surface area contributed by atoms with Crippen LogP contribution in [0.1, 0.15) is 30.6 Å². The molecule has 100 valence electrons. The van der Waals surface area contributed by atoms with Gasteiger partial charge in [0, 0.05) is 24.9 Å². The molecule has 1 fully saturated rings. The Morgan fingerprint density at radius 1 is 1.50 bits per heavy atom. The molecule has 0 aliphatic carbocycles. The number of aryl methyl sites for hydroxylation is 1. The third kappa shape index (κ3) is 2.49. The molecule has 1 unspecified atom stereocenters. The van der Waals surface area contributed by atoms with Crippen molar-refractivity contribution in [1.82, 2.24) is 0 Å². The Morgan fingerprint density at radius 3 is 2.78 bits per heavy atom. The summed E-state index contributed by atoms with van der Waals surface area (Å²) in [6.07, 6.45) is 0.284. The predicted molar refractivity (Wildman–Crippen MR) is 69.4 cm³/mol. The summed E-state index contributed by atoms with van der Waals surface area (Å²) in [5, 5.41) is 9.79. The molecule has 0 spiro atoms. The molecule has 18 heavy (non-hydrogen) atoms. The highest BCUT2D eigenvalue weighted by atomic mass is 19.1. The van der Waals surface area contributed by atoms with Crippen LogP contribution in [0.4, 0.5) is 10.1 Å². The smallest absolute Gasteiger partial charge is 0.126 e. The molecule has 4 heteroatoms. The van der Waals surface area contributed by atoms with Gasteiger partial charge < -0.3 is 14.7 Å². The molecule has 0 radical (unpaired) electrons. The lowest BCUT2D eigenvalue weighted by molar-refractivity contribution is 0.192. The van der Waals surface area contributed by atoms with Crippen LogP contribution < -0.4 is 4.90 Å². The number of ether oxygens (including phenoxy) is 1. The van der Waals surface area contributed by atoms with Gasteiger partial charge in [0.25, 0.3) is 0 Å². The maximum atomic E-state index is 13.6. The fourth-order valence-electron chi connectivity index (χ4n) is 2.35.